The number of thiazole rings is 1. The van der Waals surface area contributed by atoms with E-state index in [-0.39, 0.29) is 17.7 Å². The average Bonchev–Trinajstić information content (AvgIpc) is 3.36. The molecule has 13 heteroatoms. The lowest BCUT2D eigenvalue weighted by atomic mass is 10.1. The lowest BCUT2D eigenvalue weighted by molar-refractivity contribution is 0.0231. The molecule has 1 N–H and O–H groups in total. The summed E-state index contributed by atoms with van der Waals surface area (Å²) in [5, 5.41) is 6.05. The Bertz CT molecular complexity index is 1540. The van der Waals surface area contributed by atoms with Gasteiger partial charge in [-0.25, -0.2) is 29.4 Å². The van der Waals surface area contributed by atoms with E-state index < -0.39 is 5.60 Å². The maximum absolute atomic E-state index is 13.9. The second-order valence-electron chi connectivity index (χ2n) is 9.98. The van der Waals surface area contributed by atoms with Crippen LogP contribution in [0, 0.1) is 0 Å². The number of rotatable bonds is 5. The standard InChI is InChI=1S/C25H29ClN8O3S/c1-5-16(30-20-19-22(28-13-27-20)38-14-29-19)21-31-17-8-6-7-15(26)18(17)23(35)34(21)33-11-9-32(10-12-33)24(36)37-25(2,3)4/h6-8,13-14,16H,5,9-12H2,1-4H3,(H,27,28,30). The van der Waals surface area contributed by atoms with E-state index in [0.717, 1.165) is 4.83 Å². The summed E-state index contributed by atoms with van der Waals surface area (Å²) in [7, 11) is 0. The van der Waals surface area contributed by atoms with Crippen LogP contribution in [-0.4, -0.2) is 67.4 Å². The number of aromatic nitrogens is 5. The average molecular weight is 557 g/mol. The maximum Gasteiger partial charge on any atom is 0.410 e. The first-order valence-electron chi connectivity index (χ1n) is 12.4. The Labute approximate surface area is 228 Å². The zero-order valence-electron chi connectivity index (χ0n) is 21.6. The van der Waals surface area contributed by atoms with Crippen LogP contribution >= 0.6 is 22.9 Å². The predicted octanol–water partition coefficient (Wildman–Crippen LogP) is 4.20. The van der Waals surface area contributed by atoms with Gasteiger partial charge in [0.25, 0.3) is 5.56 Å². The molecule has 1 unspecified atom stereocenters. The van der Waals surface area contributed by atoms with Crippen molar-refractivity contribution in [2.24, 2.45) is 0 Å². The van der Waals surface area contributed by atoms with Crippen molar-refractivity contribution >= 4 is 56.1 Å². The number of anilines is 1. The van der Waals surface area contributed by atoms with Crippen molar-refractivity contribution in [3.8, 4) is 0 Å². The number of amides is 1. The minimum atomic E-state index is -0.582. The summed E-state index contributed by atoms with van der Waals surface area (Å²) >= 11 is 7.90. The van der Waals surface area contributed by atoms with Crippen LogP contribution in [0.4, 0.5) is 10.6 Å². The molecule has 1 fully saturated rings. The quantitative estimate of drug-likeness (QED) is 0.385. The number of nitrogens with zero attached hydrogens (tertiary/aromatic N) is 7. The van der Waals surface area contributed by atoms with Crippen molar-refractivity contribution < 1.29 is 9.53 Å². The Morgan fingerprint density at radius 2 is 1.95 bits per heavy atom. The lowest BCUT2D eigenvalue weighted by Crippen LogP contribution is -2.57. The highest BCUT2D eigenvalue weighted by molar-refractivity contribution is 7.16. The normalized spacial score (nSPS) is 15.2. The molecule has 0 radical (unpaired) electrons. The number of piperazine rings is 1. The van der Waals surface area contributed by atoms with Crippen LogP contribution in [-0.2, 0) is 4.74 Å². The molecule has 1 aliphatic heterocycles. The molecule has 4 aromatic rings. The monoisotopic (exact) mass is 556 g/mol. The van der Waals surface area contributed by atoms with E-state index in [0.29, 0.717) is 65.7 Å². The van der Waals surface area contributed by atoms with E-state index in [4.69, 9.17) is 21.3 Å². The second-order valence-corrected chi connectivity index (χ2v) is 11.2. The molecular formula is C25H29ClN8O3S. The van der Waals surface area contributed by atoms with Gasteiger partial charge in [0.15, 0.2) is 11.6 Å². The van der Waals surface area contributed by atoms with Gasteiger partial charge in [-0.05, 0) is 39.3 Å². The van der Waals surface area contributed by atoms with E-state index >= 15 is 0 Å². The molecule has 0 spiro atoms. The highest BCUT2D eigenvalue weighted by Crippen LogP contribution is 2.28. The molecule has 1 aromatic carbocycles. The Morgan fingerprint density at radius 1 is 1.18 bits per heavy atom. The fraction of sp³-hybridized carbons (Fsp3) is 0.440. The van der Waals surface area contributed by atoms with Crippen molar-refractivity contribution in [1.29, 1.82) is 0 Å². The Morgan fingerprint density at radius 3 is 2.66 bits per heavy atom. The number of nitrogens with one attached hydrogen (secondary N) is 1. The Balaban J connectivity index is 1.53. The SMILES string of the molecule is CCC(Nc1ncnc2scnc12)c1nc2cccc(Cl)c2c(=O)n1N1CCN(C(=O)OC(C)(C)C)CC1. The first kappa shape index (κ1) is 26.1. The van der Waals surface area contributed by atoms with E-state index in [1.807, 2.05) is 32.7 Å². The van der Waals surface area contributed by atoms with E-state index in [1.165, 1.54) is 17.7 Å². The van der Waals surface area contributed by atoms with Crippen molar-refractivity contribution in [3.63, 3.8) is 0 Å². The van der Waals surface area contributed by atoms with Gasteiger partial charge in [0, 0.05) is 13.1 Å². The summed E-state index contributed by atoms with van der Waals surface area (Å²) in [4.78, 5) is 47.0. The summed E-state index contributed by atoms with van der Waals surface area (Å²) in [6.45, 7) is 9.17. The molecule has 1 amide bonds. The molecule has 11 nitrogen and oxygen atoms in total. The molecule has 38 heavy (non-hydrogen) atoms. The van der Waals surface area contributed by atoms with Crippen molar-refractivity contribution in [2.45, 2.75) is 45.8 Å². The van der Waals surface area contributed by atoms with Crippen molar-refractivity contribution in [2.75, 3.05) is 36.5 Å². The number of fused-ring (bicyclic) bond motifs is 2. The topological polar surface area (TPSA) is 118 Å². The molecule has 0 saturated carbocycles. The number of carbonyl (C=O) groups is 1. The highest BCUT2D eigenvalue weighted by atomic mass is 35.5. The first-order chi connectivity index (χ1) is 18.2. The first-order valence-corrected chi connectivity index (χ1v) is 13.7. The van der Waals surface area contributed by atoms with Gasteiger partial charge in [-0.1, -0.05) is 24.6 Å². The molecule has 3 aromatic heterocycles. The van der Waals surface area contributed by atoms with E-state index in [9.17, 15) is 9.59 Å². The molecule has 1 saturated heterocycles. The number of hydrogen-bond acceptors (Lipinski definition) is 10. The van der Waals surface area contributed by atoms with Crippen LogP contribution in [0.3, 0.4) is 0 Å². The molecule has 0 bridgehead atoms. The van der Waals surface area contributed by atoms with Gasteiger partial charge >= 0.3 is 6.09 Å². The number of ether oxygens (including phenoxy) is 1. The summed E-state index contributed by atoms with van der Waals surface area (Å²) in [6, 6.07) is 4.89. The zero-order chi connectivity index (χ0) is 27.0. The van der Waals surface area contributed by atoms with Gasteiger partial charge in [0.05, 0.1) is 40.6 Å². The van der Waals surface area contributed by atoms with Crippen molar-refractivity contribution in [3.05, 3.63) is 51.2 Å². The Hall–Kier alpha value is -3.51. The smallest absolute Gasteiger partial charge is 0.410 e. The van der Waals surface area contributed by atoms with Gasteiger partial charge in [-0.2, -0.15) is 0 Å². The molecule has 0 aliphatic carbocycles. The van der Waals surface area contributed by atoms with Gasteiger partial charge in [0.2, 0.25) is 0 Å². The molecular weight excluding hydrogens is 528 g/mol. The second kappa shape index (κ2) is 10.3. The summed E-state index contributed by atoms with van der Waals surface area (Å²) < 4.78 is 7.13. The van der Waals surface area contributed by atoms with Crippen LogP contribution < -0.4 is 15.9 Å². The maximum atomic E-state index is 13.9. The third kappa shape index (κ3) is 5.10. The van der Waals surface area contributed by atoms with E-state index in [2.05, 4.69) is 20.3 Å². The van der Waals surface area contributed by atoms with Gasteiger partial charge in [0.1, 0.15) is 22.3 Å². The lowest BCUT2D eigenvalue weighted by Gasteiger charge is -2.38. The van der Waals surface area contributed by atoms with Crippen molar-refractivity contribution in [1.82, 2.24) is 29.5 Å². The zero-order valence-corrected chi connectivity index (χ0v) is 23.2. The van der Waals surface area contributed by atoms with Gasteiger partial charge < -0.3 is 20.0 Å². The van der Waals surface area contributed by atoms with E-state index in [1.54, 1.807) is 33.3 Å². The number of carbonyl (C=O) groups excluding carboxylic acids is 1. The summed E-state index contributed by atoms with van der Waals surface area (Å²) in [6.07, 6.45) is 1.74. The minimum Gasteiger partial charge on any atom is -0.444 e. The van der Waals surface area contributed by atoms with Crippen LogP contribution in [0.5, 0.6) is 0 Å². The van der Waals surface area contributed by atoms with Crippen LogP contribution in [0.1, 0.15) is 46.0 Å². The fourth-order valence-corrected chi connectivity index (χ4v) is 5.29. The largest absolute Gasteiger partial charge is 0.444 e. The van der Waals surface area contributed by atoms with Gasteiger partial charge in [-0.3, -0.25) is 4.79 Å². The summed E-state index contributed by atoms with van der Waals surface area (Å²) in [5.74, 6) is 1.10. The van der Waals surface area contributed by atoms with Crippen LogP contribution in [0.25, 0.3) is 21.3 Å². The molecule has 4 heterocycles. The van der Waals surface area contributed by atoms with Crippen LogP contribution in [0.2, 0.25) is 5.02 Å². The number of halogens is 1. The molecule has 1 aliphatic rings. The molecule has 5 rings (SSSR count). The third-order valence-corrected chi connectivity index (χ3v) is 7.25. The summed E-state index contributed by atoms with van der Waals surface area (Å²) in [5.41, 5.74) is 2.06. The fourth-order valence-electron chi connectivity index (χ4n) is 4.42. The van der Waals surface area contributed by atoms with Crippen LogP contribution in [0.15, 0.2) is 34.8 Å². The predicted molar refractivity (Wildman–Crippen MR) is 149 cm³/mol. The number of benzene rings is 1. The minimum absolute atomic E-state index is 0.261. The molecule has 200 valence electrons. The number of hydrogen-bond donors (Lipinski definition) is 1. The van der Waals surface area contributed by atoms with Gasteiger partial charge in [-0.15, -0.1) is 11.3 Å². The third-order valence-electron chi connectivity index (χ3n) is 6.21. The highest BCUT2D eigenvalue weighted by Gasteiger charge is 2.30. The Kier molecular flexibility index (Phi) is 7.10. The molecule has 1 atom stereocenters.